The van der Waals surface area contributed by atoms with Gasteiger partial charge in [0.05, 0.1) is 10.6 Å². The first-order chi connectivity index (χ1) is 16.5. The number of pyridine rings is 1. The smallest absolute Gasteiger partial charge is 0.264 e. The number of aromatic nitrogens is 4. The van der Waals surface area contributed by atoms with E-state index in [-0.39, 0.29) is 22.9 Å². The van der Waals surface area contributed by atoms with E-state index in [1.807, 2.05) is 30.3 Å². The van der Waals surface area contributed by atoms with Gasteiger partial charge in [0, 0.05) is 30.4 Å². The molecule has 3 heterocycles. The fourth-order valence-electron chi connectivity index (χ4n) is 4.04. The molecule has 0 saturated carbocycles. The summed E-state index contributed by atoms with van der Waals surface area (Å²) in [6.45, 7) is 0.597. The highest BCUT2D eigenvalue weighted by Crippen LogP contribution is 2.32. The molecule has 34 heavy (non-hydrogen) atoms. The first kappa shape index (κ1) is 21.8. The monoisotopic (exact) mass is 474 g/mol. The van der Waals surface area contributed by atoms with Gasteiger partial charge in [-0.1, -0.05) is 30.3 Å². The number of hydrogen-bond donors (Lipinski definition) is 1. The van der Waals surface area contributed by atoms with Gasteiger partial charge in [0.2, 0.25) is 0 Å². The number of sulfonamides is 1. The van der Waals surface area contributed by atoms with Crippen LogP contribution in [0.25, 0.3) is 5.82 Å². The van der Waals surface area contributed by atoms with Gasteiger partial charge in [0.25, 0.3) is 15.9 Å². The summed E-state index contributed by atoms with van der Waals surface area (Å²) in [6.07, 6.45) is 6.16. The molecule has 0 bridgehead atoms. The Morgan fingerprint density at radius 1 is 1.06 bits per heavy atom. The summed E-state index contributed by atoms with van der Waals surface area (Å²) in [7, 11) is -3.81. The van der Waals surface area contributed by atoms with Crippen LogP contribution < -0.4 is 9.62 Å². The van der Waals surface area contributed by atoms with Crippen molar-refractivity contribution in [3.63, 3.8) is 0 Å². The third-order valence-corrected chi connectivity index (χ3v) is 7.50. The Kier molecular flexibility index (Phi) is 5.81. The summed E-state index contributed by atoms with van der Waals surface area (Å²) in [5.41, 5.74) is 2.71. The summed E-state index contributed by atoms with van der Waals surface area (Å²) < 4.78 is 29.9. The Morgan fingerprint density at radius 2 is 1.94 bits per heavy atom. The van der Waals surface area contributed by atoms with E-state index < -0.39 is 10.0 Å². The molecule has 2 aromatic carbocycles. The zero-order chi connectivity index (χ0) is 23.5. The van der Waals surface area contributed by atoms with Gasteiger partial charge >= 0.3 is 0 Å². The standard InChI is InChI=1S/C24H22N6O3S/c31-24(27-15-20-8-4-12-26-23(20)29-17-25-16-28-29)19-7-3-10-21(14-19)34(32,33)30-13-5-9-18-6-1-2-11-22(18)30/h1-4,6-8,10-12,14,16-17H,5,9,13,15H2,(H,27,31). The van der Waals surface area contributed by atoms with Crippen LogP contribution in [0.3, 0.4) is 0 Å². The second-order valence-corrected chi connectivity index (χ2v) is 9.71. The van der Waals surface area contributed by atoms with Crippen molar-refractivity contribution >= 4 is 21.6 Å². The van der Waals surface area contributed by atoms with Crippen LogP contribution >= 0.6 is 0 Å². The van der Waals surface area contributed by atoms with Crippen molar-refractivity contribution in [2.45, 2.75) is 24.3 Å². The van der Waals surface area contributed by atoms with Crippen LogP contribution in [0.1, 0.15) is 27.9 Å². The number of aryl methyl sites for hydroxylation is 1. The number of fused-ring (bicyclic) bond motifs is 1. The van der Waals surface area contributed by atoms with Gasteiger partial charge in [-0.3, -0.25) is 9.10 Å². The van der Waals surface area contributed by atoms with Crippen molar-refractivity contribution in [2.24, 2.45) is 0 Å². The van der Waals surface area contributed by atoms with Gasteiger partial charge in [-0.05, 0) is 48.7 Å². The topological polar surface area (TPSA) is 110 Å². The quantitative estimate of drug-likeness (QED) is 0.460. The molecule has 0 fully saturated rings. The van der Waals surface area contributed by atoms with Crippen LogP contribution in [0.2, 0.25) is 0 Å². The van der Waals surface area contributed by atoms with Crippen LogP contribution in [0.4, 0.5) is 5.69 Å². The predicted octanol–water partition coefficient (Wildman–Crippen LogP) is 2.73. The molecule has 1 N–H and O–H groups in total. The largest absolute Gasteiger partial charge is 0.348 e. The second kappa shape index (κ2) is 9.06. The number of carbonyl (C=O) groups is 1. The third kappa shape index (κ3) is 4.15. The molecule has 0 unspecified atom stereocenters. The molecule has 0 saturated heterocycles. The summed E-state index contributed by atoms with van der Waals surface area (Å²) in [4.78, 5) is 21.2. The number of anilines is 1. The highest BCUT2D eigenvalue weighted by atomic mass is 32.2. The Hall–Kier alpha value is -4.05. The Bertz CT molecular complexity index is 1440. The van der Waals surface area contributed by atoms with E-state index in [1.54, 1.807) is 24.4 Å². The lowest BCUT2D eigenvalue weighted by Gasteiger charge is -2.30. The van der Waals surface area contributed by atoms with Gasteiger partial charge in [0.1, 0.15) is 12.7 Å². The number of carbonyl (C=O) groups excluding carboxylic acids is 1. The van der Waals surface area contributed by atoms with Gasteiger partial charge in [-0.15, -0.1) is 0 Å². The molecule has 172 valence electrons. The van der Waals surface area contributed by atoms with Crippen LogP contribution in [-0.2, 0) is 23.0 Å². The van der Waals surface area contributed by atoms with Gasteiger partial charge in [0.15, 0.2) is 5.82 Å². The minimum absolute atomic E-state index is 0.0848. The van der Waals surface area contributed by atoms with Crippen molar-refractivity contribution in [3.8, 4) is 5.82 Å². The molecule has 0 spiro atoms. The number of hydrogen-bond acceptors (Lipinski definition) is 6. The minimum atomic E-state index is -3.81. The van der Waals surface area contributed by atoms with Crippen molar-refractivity contribution in [3.05, 3.63) is 96.2 Å². The van der Waals surface area contributed by atoms with E-state index in [9.17, 15) is 13.2 Å². The Balaban J connectivity index is 1.37. The molecule has 1 amide bonds. The SMILES string of the molecule is O=C(NCc1cccnc1-n1cncn1)c1cccc(S(=O)(=O)N2CCCc3ccccc32)c1. The molecule has 0 atom stereocenters. The Morgan fingerprint density at radius 3 is 2.79 bits per heavy atom. The molecule has 0 aliphatic carbocycles. The maximum absolute atomic E-state index is 13.5. The molecule has 1 aliphatic heterocycles. The van der Waals surface area contributed by atoms with Crippen molar-refractivity contribution in [1.82, 2.24) is 25.1 Å². The van der Waals surface area contributed by atoms with E-state index >= 15 is 0 Å². The number of amides is 1. The average molecular weight is 475 g/mol. The molecule has 5 rings (SSSR count). The van der Waals surface area contributed by atoms with Gasteiger partial charge < -0.3 is 5.32 Å². The lowest BCUT2D eigenvalue weighted by molar-refractivity contribution is 0.0950. The van der Waals surface area contributed by atoms with Crippen LogP contribution in [0.5, 0.6) is 0 Å². The molecule has 1 aliphatic rings. The van der Waals surface area contributed by atoms with E-state index in [4.69, 9.17) is 0 Å². The third-order valence-electron chi connectivity index (χ3n) is 5.69. The summed E-state index contributed by atoms with van der Waals surface area (Å²) >= 11 is 0. The normalized spacial score (nSPS) is 13.4. The average Bonchev–Trinajstić information content (AvgIpc) is 3.42. The molecule has 0 radical (unpaired) electrons. The number of para-hydroxylation sites is 1. The predicted molar refractivity (Wildman–Crippen MR) is 126 cm³/mol. The first-order valence-electron chi connectivity index (χ1n) is 10.8. The minimum Gasteiger partial charge on any atom is -0.348 e. The Labute approximate surface area is 197 Å². The number of benzene rings is 2. The fraction of sp³-hybridized carbons (Fsp3) is 0.167. The molecule has 10 heteroatoms. The lowest BCUT2D eigenvalue weighted by Crippen LogP contribution is -2.35. The second-order valence-electron chi connectivity index (χ2n) is 7.85. The molecule has 2 aromatic heterocycles. The molecule has 9 nitrogen and oxygen atoms in total. The van der Waals surface area contributed by atoms with E-state index in [0.29, 0.717) is 18.1 Å². The molecular formula is C24H22N6O3S. The maximum atomic E-state index is 13.5. The fourth-order valence-corrected chi connectivity index (χ4v) is 5.63. The highest BCUT2D eigenvalue weighted by Gasteiger charge is 2.29. The van der Waals surface area contributed by atoms with Crippen LogP contribution in [0, 0.1) is 0 Å². The van der Waals surface area contributed by atoms with Crippen molar-refractivity contribution < 1.29 is 13.2 Å². The zero-order valence-electron chi connectivity index (χ0n) is 18.2. The number of nitrogens with one attached hydrogen (secondary N) is 1. The van der Waals surface area contributed by atoms with Gasteiger partial charge in [-0.25, -0.2) is 23.1 Å². The zero-order valence-corrected chi connectivity index (χ0v) is 19.0. The van der Waals surface area contributed by atoms with Crippen molar-refractivity contribution in [1.29, 1.82) is 0 Å². The van der Waals surface area contributed by atoms with E-state index in [2.05, 4.69) is 20.4 Å². The summed E-state index contributed by atoms with van der Waals surface area (Å²) in [5.74, 6) is 0.171. The molecule has 4 aromatic rings. The highest BCUT2D eigenvalue weighted by molar-refractivity contribution is 7.92. The molecular weight excluding hydrogens is 452 g/mol. The summed E-state index contributed by atoms with van der Waals surface area (Å²) in [6, 6.07) is 17.2. The number of nitrogens with zero attached hydrogens (tertiary/aromatic N) is 5. The van der Waals surface area contributed by atoms with E-state index in [1.165, 1.54) is 33.8 Å². The van der Waals surface area contributed by atoms with Gasteiger partial charge in [-0.2, -0.15) is 5.10 Å². The van der Waals surface area contributed by atoms with Crippen molar-refractivity contribution in [2.75, 3.05) is 10.8 Å². The lowest BCUT2D eigenvalue weighted by atomic mass is 10.0. The number of rotatable bonds is 6. The summed E-state index contributed by atoms with van der Waals surface area (Å²) in [5, 5.41) is 6.93. The van der Waals surface area contributed by atoms with Crippen LogP contribution in [0.15, 0.2) is 84.4 Å². The van der Waals surface area contributed by atoms with E-state index in [0.717, 1.165) is 24.0 Å². The first-order valence-corrected chi connectivity index (χ1v) is 12.3. The van der Waals surface area contributed by atoms with Crippen LogP contribution in [-0.4, -0.2) is 40.6 Å². The maximum Gasteiger partial charge on any atom is 0.264 e.